The highest BCUT2D eigenvalue weighted by molar-refractivity contribution is 8.14. The van der Waals surface area contributed by atoms with Crippen LogP contribution in [0.1, 0.15) is 0 Å². The molecule has 78 valence electrons. The molecule has 0 spiro atoms. The molecule has 0 aromatic heterocycles. The summed E-state index contributed by atoms with van der Waals surface area (Å²) in [4.78, 5) is 0. The van der Waals surface area contributed by atoms with Crippen molar-refractivity contribution < 1.29 is 9.13 Å². The summed E-state index contributed by atoms with van der Waals surface area (Å²) >= 11 is 21.6. The average Bonchev–Trinajstić information content (AvgIpc) is 2.01. The molecule has 0 amide bonds. The van der Waals surface area contributed by atoms with Gasteiger partial charge in [0.15, 0.2) is 0 Å². The molecule has 0 saturated heterocycles. The van der Waals surface area contributed by atoms with E-state index in [4.69, 9.17) is 45.0 Å². The van der Waals surface area contributed by atoms with Gasteiger partial charge in [0.1, 0.15) is 0 Å². The van der Waals surface area contributed by atoms with Crippen LogP contribution < -0.4 is 10.6 Å². The Kier molecular flexibility index (Phi) is 4.03. The molecular weight excluding hydrogens is 308 g/mol. The Morgan fingerprint density at radius 3 is 1.07 bits per heavy atom. The fraction of sp³-hybridized carbons (Fsp3) is 0. The smallest absolute Gasteiger partial charge is 0.281 e. The maximum absolute atomic E-state index is 11.2. The maximum atomic E-state index is 11.2. The lowest BCUT2D eigenvalue weighted by Gasteiger charge is -2.04. The minimum atomic E-state index is -3.32. The zero-order chi connectivity index (χ0) is 11.0. The van der Waals surface area contributed by atoms with Crippen molar-refractivity contribution in [3.63, 3.8) is 0 Å². The van der Waals surface area contributed by atoms with Gasteiger partial charge in [0, 0.05) is 10.6 Å². The molecule has 0 atom stereocenters. The van der Waals surface area contributed by atoms with Crippen LogP contribution in [0.3, 0.4) is 0 Å². The van der Waals surface area contributed by atoms with Crippen molar-refractivity contribution in [3.05, 3.63) is 24.3 Å². The third kappa shape index (κ3) is 3.45. The van der Waals surface area contributed by atoms with Crippen LogP contribution in [0.15, 0.2) is 24.3 Å². The van der Waals surface area contributed by atoms with E-state index in [0.717, 1.165) is 0 Å². The van der Waals surface area contributed by atoms with Crippen LogP contribution in [0.4, 0.5) is 0 Å². The van der Waals surface area contributed by atoms with E-state index in [0.29, 0.717) is 0 Å². The first kappa shape index (κ1) is 12.9. The summed E-state index contributed by atoms with van der Waals surface area (Å²) in [6.45, 7) is 0. The monoisotopic (exact) mass is 310 g/mol. The molecule has 0 radical (unpaired) electrons. The molecule has 0 fully saturated rings. The Balaban J connectivity index is 3.14. The average molecular weight is 312 g/mol. The van der Waals surface area contributed by atoms with Gasteiger partial charge in [0.2, 0.25) is 0 Å². The molecule has 0 saturated carbocycles. The molecule has 14 heavy (non-hydrogen) atoms. The Morgan fingerprint density at radius 2 is 0.929 bits per heavy atom. The van der Waals surface area contributed by atoms with Crippen molar-refractivity contribution in [2.45, 2.75) is 0 Å². The van der Waals surface area contributed by atoms with Crippen molar-refractivity contribution in [1.29, 1.82) is 0 Å². The Labute approximate surface area is 100 Å². The highest BCUT2D eigenvalue weighted by Gasteiger charge is 2.21. The topological polar surface area (TPSA) is 34.1 Å². The Bertz CT molecular complexity index is 377. The summed E-state index contributed by atoms with van der Waals surface area (Å²) in [5.74, 6) is -6.64. The standard InChI is InChI=1S/C6H4Cl4O2P2/c7-13(8,11)5-1-2-6(4-3-5)14(9,10)12/h1-4H. The predicted molar refractivity (Wildman–Crippen MR) is 64.3 cm³/mol. The van der Waals surface area contributed by atoms with Crippen molar-refractivity contribution >= 4 is 67.3 Å². The largest absolute Gasteiger partial charge is 0.284 e. The molecule has 1 aromatic carbocycles. The maximum Gasteiger partial charge on any atom is 0.281 e. The van der Waals surface area contributed by atoms with E-state index in [1.165, 1.54) is 24.3 Å². The quantitative estimate of drug-likeness (QED) is 0.764. The van der Waals surface area contributed by atoms with E-state index in [9.17, 15) is 9.13 Å². The van der Waals surface area contributed by atoms with E-state index in [1.807, 2.05) is 0 Å². The van der Waals surface area contributed by atoms with Crippen LogP contribution in [-0.4, -0.2) is 0 Å². The predicted octanol–water partition coefficient (Wildman–Crippen LogP) is 4.28. The molecule has 0 bridgehead atoms. The SMILES string of the molecule is O=P(Cl)(Cl)c1ccc(P(=O)(Cl)Cl)cc1. The fourth-order valence-corrected chi connectivity index (χ4v) is 3.14. The number of halogens is 4. The van der Waals surface area contributed by atoms with E-state index < -0.39 is 11.7 Å². The van der Waals surface area contributed by atoms with Gasteiger partial charge in [0.25, 0.3) is 11.7 Å². The molecule has 2 nitrogen and oxygen atoms in total. The van der Waals surface area contributed by atoms with Gasteiger partial charge < -0.3 is 0 Å². The van der Waals surface area contributed by atoms with Crippen molar-refractivity contribution in [1.82, 2.24) is 0 Å². The highest BCUT2D eigenvalue weighted by Crippen LogP contribution is 2.57. The highest BCUT2D eigenvalue weighted by atomic mass is 35.9. The van der Waals surface area contributed by atoms with Gasteiger partial charge in [-0.1, -0.05) is 0 Å². The summed E-state index contributed by atoms with van der Waals surface area (Å²) < 4.78 is 22.3. The second-order valence-corrected chi connectivity index (χ2v) is 12.1. The summed E-state index contributed by atoms with van der Waals surface area (Å²) in [5.41, 5.74) is 0. The van der Waals surface area contributed by atoms with Crippen LogP contribution in [-0.2, 0) is 9.13 Å². The molecule has 1 rings (SSSR count). The molecule has 0 aliphatic rings. The molecule has 8 heteroatoms. The van der Waals surface area contributed by atoms with Crippen LogP contribution in [0, 0.1) is 0 Å². The summed E-state index contributed by atoms with van der Waals surface area (Å²) in [6, 6.07) is 5.53. The lowest BCUT2D eigenvalue weighted by atomic mass is 10.4. The first-order valence-corrected chi connectivity index (χ1v) is 10.3. The van der Waals surface area contributed by atoms with Gasteiger partial charge in [-0.25, -0.2) is 0 Å². The van der Waals surface area contributed by atoms with Crippen molar-refractivity contribution in [3.8, 4) is 0 Å². The van der Waals surface area contributed by atoms with Crippen LogP contribution in [0.25, 0.3) is 0 Å². The zero-order valence-corrected chi connectivity index (χ0v) is 11.3. The number of benzene rings is 1. The van der Waals surface area contributed by atoms with Crippen molar-refractivity contribution in [2.24, 2.45) is 0 Å². The molecular formula is C6H4Cl4O2P2. The third-order valence-electron chi connectivity index (χ3n) is 1.45. The Morgan fingerprint density at radius 1 is 0.714 bits per heavy atom. The minimum absolute atomic E-state index is 0.256. The summed E-state index contributed by atoms with van der Waals surface area (Å²) in [6.07, 6.45) is 0. The lowest BCUT2D eigenvalue weighted by Crippen LogP contribution is -2.04. The van der Waals surface area contributed by atoms with Crippen LogP contribution in [0.5, 0.6) is 0 Å². The minimum Gasteiger partial charge on any atom is -0.284 e. The molecule has 1 aromatic rings. The van der Waals surface area contributed by atoms with Gasteiger partial charge >= 0.3 is 0 Å². The molecule has 0 unspecified atom stereocenters. The zero-order valence-electron chi connectivity index (χ0n) is 6.53. The summed E-state index contributed by atoms with van der Waals surface area (Å²) in [7, 11) is 0. The van der Waals surface area contributed by atoms with Crippen LogP contribution >= 0.6 is 56.7 Å². The Hall–Kier alpha value is 0.840. The van der Waals surface area contributed by atoms with E-state index >= 15 is 0 Å². The van der Waals surface area contributed by atoms with Gasteiger partial charge in [-0.05, 0) is 69.2 Å². The number of rotatable bonds is 2. The molecule has 0 heterocycles. The normalized spacial score (nSPS) is 12.9. The first-order valence-electron chi connectivity index (χ1n) is 3.31. The van der Waals surface area contributed by atoms with Gasteiger partial charge in [-0.3, -0.25) is 9.13 Å². The van der Waals surface area contributed by atoms with Crippen molar-refractivity contribution in [2.75, 3.05) is 0 Å². The molecule has 0 aliphatic heterocycles. The van der Waals surface area contributed by atoms with Crippen LogP contribution in [0.2, 0.25) is 0 Å². The number of hydrogen-bond donors (Lipinski definition) is 0. The second-order valence-electron chi connectivity index (χ2n) is 2.44. The van der Waals surface area contributed by atoms with E-state index in [1.54, 1.807) is 0 Å². The first-order chi connectivity index (χ1) is 6.21. The van der Waals surface area contributed by atoms with Gasteiger partial charge in [-0.15, -0.1) is 0 Å². The second kappa shape index (κ2) is 4.37. The summed E-state index contributed by atoms with van der Waals surface area (Å²) in [5, 5.41) is 0.512. The third-order valence-corrected chi connectivity index (χ3v) is 5.59. The van der Waals surface area contributed by atoms with Gasteiger partial charge in [-0.2, -0.15) is 0 Å². The molecule has 0 aliphatic carbocycles. The van der Waals surface area contributed by atoms with Gasteiger partial charge in [0.05, 0.1) is 0 Å². The van der Waals surface area contributed by atoms with E-state index in [2.05, 4.69) is 0 Å². The molecule has 0 N–H and O–H groups in total. The fourth-order valence-electron chi connectivity index (χ4n) is 0.800. The van der Waals surface area contributed by atoms with E-state index in [-0.39, 0.29) is 10.6 Å². The number of hydrogen-bond acceptors (Lipinski definition) is 2. The lowest BCUT2D eigenvalue weighted by molar-refractivity contribution is 0.596.